The number of nitrogens with one attached hydrogen (secondary N) is 1. The van der Waals surface area contributed by atoms with Gasteiger partial charge in [0.2, 0.25) is 0 Å². The molecule has 0 spiro atoms. The van der Waals surface area contributed by atoms with E-state index in [2.05, 4.69) is 26.1 Å². The molecule has 0 aromatic rings. The normalized spacial score (nSPS) is 12.0. The van der Waals surface area contributed by atoms with E-state index in [1.165, 1.54) is 0 Å². The summed E-state index contributed by atoms with van der Waals surface area (Å²) in [4.78, 5) is 0. The van der Waals surface area contributed by atoms with Gasteiger partial charge in [-0.05, 0) is 25.4 Å². The molecule has 18 heavy (non-hydrogen) atoms. The first-order valence-corrected chi connectivity index (χ1v) is 9.66. The highest BCUT2D eigenvalue weighted by Gasteiger charge is 2.35. The van der Waals surface area contributed by atoms with E-state index in [1.807, 2.05) is 0 Å². The van der Waals surface area contributed by atoms with E-state index in [0.29, 0.717) is 6.54 Å². The van der Waals surface area contributed by atoms with Crippen LogP contribution in [0.5, 0.6) is 0 Å². The van der Waals surface area contributed by atoms with Gasteiger partial charge >= 0.3 is 8.56 Å². The molecule has 110 valence electrons. The largest absolute Gasteiger partial charge is 0.394 e. The summed E-state index contributed by atoms with van der Waals surface area (Å²) in [6.07, 6.45) is 3.25. The van der Waals surface area contributed by atoms with Crippen LogP contribution in [0.25, 0.3) is 0 Å². The fraction of sp³-hybridized carbons (Fsp3) is 1.00. The van der Waals surface area contributed by atoms with Gasteiger partial charge in [-0.15, -0.1) is 0 Å². The van der Waals surface area contributed by atoms with Crippen LogP contribution in [0.2, 0.25) is 12.1 Å². The molecule has 0 amide bonds. The minimum absolute atomic E-state index is 0.688. The molecule has 0 radical (unpaired) electrons. The maximum absolute atomic E-state index is 6.15. The molecule has 0 aromatic carbocycles. The number of nitrogens with two attached hydrogens (primary N) is 1. The maximum atomic E-state index is 6.15. The van der Waals surface area contributed by atoms with E-state index >= 15 is 0 Å². The van der Waals surface area contributed by atoms with Gasteiger partial charge in [0.1, 0.15) is 0 Å². The Morgan fingerprint density at radius 2 is 1.50 bits per heavy atom. The molecular weight excluding hydrogens is 244 g/mol. The van der Waals surface area contributed by atoms with Crippen LogP contribution in [0.3, 0.4) is 0 Å². The van der Waals surface area contributed by atoms with E-state index < -0.39 is 8.56 Å². The predicted molar refractivity (Wildman–Crippen MR) is 80.1 cm³/mol. The molecule has 0 aromatic heterocycles. The van der Waals surface area contributed by atoms with Crippen molar-refractivity contribution in [3.63, 3.8) is 0 Å². The van der Waals surface area contributed by atoms with Crippen LogP contribution < -0.4 is 11.1 Å². The Kier molecular flexibility index (Phi) is 12.1. The van der Waals surface area contributed by atoms with Gasteiger partial charge in [0.05, 0.1) is 0 Å². The van der Waals surface area contributed by atoms with Gasteiger partial charge in [-0.25, -0.2) is 0 Å². The zero-order valence-corrected chi connectivity index (χ0v) is 13.5. The van der Waals surface area contributed by atoms with Gasteiger partial charge in [-0.1, -0.05) is 27.2 Å². The summed E-state index contributed by atoms with van der Waals surface area (Å²) in [5, 5.41) is 3.35. The van der Waals surface area contributed by atoms with Gasteiger partial charge in [0, 0.05) is 32.3 Å². The summed E-state index contributed by atoms with van der Waals surface area (Å²) >= 11 is 0. The smallest absolute Gasteiger partial charge is 0.339 e. The zero-order valence-electron chi connectivity index (χ0n) is 12.5. The lowest BCUT2D eigenvalue weighted by Crippen LogP contribution is -2.45. The number of hydrogen-bond acceptors (Lipinski definition) is 4. The van der Waals surface area contributed by atoms with Gasteiger partial charge in [0.25, 0.3) is 0 Å². The molecule has 0 heterocycles. The van der Waals surface area contributed by atoms with Crippen LogP contribution in [0.1, 0.15) is 40.0 Å². The van der Waals surface area contributed by atoms with Crippen LogP contribution in [0.4, 0.5) is 0 Å². The summed E-state index contributed by atoms with van der Waals surface area (Å²) in [6, 6.07) is 2.12. The molecule has 3 N–H and O–H groups in total. The molecule has 4 nitrogen and oxygen atoms in total. The summed E-state index contributed by atoms with van der Waals surface area (Å²) < 4.78 is 12.3. The summed E-state index contributed by atoms with van der Waals surface area (Å²) in [6.45, 7) is 10.7. The third kappa shape index (κ3) is 8.21. The molecule has 5 heteroatoms. The van der Waals surface area contributed by atoms with Gasteiger partial charge in [-0.2, -0.15) is 0 Å². The summed E-state index contributed by atoms with van der Waals surface area (Å²) in [5.41, 5.74) is 5.48. The molecule has 0 aliphatic carbocycles. The first-order valence-electron chi connectivity index (χ1n) is 7.43. The van der Waals surface area contributed by atoms with Crippen molar-refractivity contribution in [1.82, 2.24) is 5.32 Å². The molecule has 0 saturated carbocycles. The molecule has 0 bridgehead atoms. The Morgan fingerprint density at radius 3 is 1.94 bits per heavy atom. The Balaban J connectivity index is 4.29. The fourth-order valence-electron chi connectivity index (χ4n) is 1.92. The van der Waals surface area contributed by atoms with Crippen molar-refractivity contribution < 1.29 is 8.85 Å². The Morgan fingerprint density at radius 1 is 0.889 bits per heavy atom. The van der Waals surface area contributed by atoms with E-state index in [9.17, 15) is 0 Å². The Labute approximate surface area is 114 Å². The lowest BCUT2D eigenvalue weighted by Gasteiger charge is -2.30. The molecular formula is C13H32N2O2Si. The van der Waals surface area contributed by atoms with E-state index in [4.69, 9.17) is 14.6 Å². The third-order valence-electron chi connectivity index (χ3n) is 2.77. The number of hydrogen-bond donors (Lipinski definition) is 2. The van der Waals surface area contributed by atoms with Crippen molar-refractivity contribution in [3.8, 4) is 0 Å². The highest BCUT2D eigenvalue weighted by atomic mass is 28.4. The van der Waals surface area contributed by atoms with Crippen LogP contribution in [-0.2, 0) is 8.85 Å². The minimum atomic E-state index is -1.99. The van der Waals surface area contributed by atoms with Crippen LogP contribution in [-0.4, -0.2) is 41.4 Å². The van der Waals surface area contributed by atoms with Crippen molar-refractivity contribution in [2.45, 2.75) is 52.1 Å². The van der Waals surface area contributed by atoms with Crippen LogP contribution in [0.15, 0.2) is 0 Å². The van der Waals surface area contributed by atoms with Crippen molar-refractivity contribution in [2.75, 3.05) is 32.8 Å². The highest BCUT2D eigenvalue weighted by Crippen LogP contribution is 2.21. The van der Waals surface area contributed by atoms with Crippen molar-refractivity contribution in [1.29, 1.82) is 0 Å². The molecule has 0 unspecified atom stereocenters. The zero-order chi connectivity index (χ0) is 13.7. The Bertz CT molecular complexity index is 174. The van der Waals surface area contributed by atoms with Gasteiger partial charge in [-0.3, -0.25) is 0 Å². The second-order valence-corrected chi connectivity index (χ2v) is 8.04. The Hall–Kier alpha value is 0.0569. The second-order valence-electron chi connectivity index (χ2n) is 4.65. The average molecular weight is 276 g/mol. The standard InChI is InChI=1S/C13H32N2O2Si/c1-4-10-16-18(12-6-3,17-11-5-2)13-9-15-8-7-14/h15H,4-14H2,1-3H3. The predicted octanol–water partition coefficient (Wildman–Crippen LogP) is 2.24. The number of rotatable bonds is 13. The highest BCUT2D eigenvalue weighted by molar-refractivity contribution is 6.67. The third-order valence-corrected chi connectivity index (χ3v) is 6.51. The second kappa shape index (κ2) is 12.1. The van der Waals surface area contributed by atoms with E-state index in [1.54, 1.807) is 0 Å². The van der Waals surface area contributed by atoms with Crippen molar-refractivity contribution >= 4 is 8.56 Å². The van der Waals surface area contributed by atoms with E-state index in [0.717, 1.165) is 57.7 Å². The van der Waals surface area contributed by atoms with Crippen molar-refractivity contribution in [2.24, 2.45) is 5.73 Å². The monoisotopic (exact) mass is 276 g/mol. The SMILES string of the molecule is CCCO[Si](CCC)(CCNCCN)OCCC. The lowest BCUT2D eigenvalue weighted by molar-refractivity contribution is 0.166. The molecule has 0 fully saturated rings. The van der Waals surface area contributed by atoms with Crippen molar-refractivity contribution in [3.05, 3.63) is 0 Å². The minimum Gasteiger partial charge on any atom is -0.394 e. The molecule has 0 rings (SSSR count). The summed E-state index contributed by atoms with van der Waals surface area (Å²) in [7, 11) is -1.99. The first kappa shape index (κ1) is 18.1. The summed E-state index contributed by atoms with van der Waals surface area (Å²) in [5.74, 6) is 0. The maximum Gasteiger partial charge on any atom is 0.339 e. The van der Waals surface area contributed by atoms with Gasteiger partial charge in [0.15, 0.2) is 0 Å². The fourth-order valence-corrected chi connectivity index (χ4v) is 5.30. The van der Waals surface area contributed by atoms with E-state index in [-0.39, 0.29) is 0 Å². The quantitative estimate of drug-likeness (QED) is 0.400. The molecule has 0 saturated heterocycles. The van der Waals surface area contributed by atoms with Crippen LogP contribution in [0, 0.1) is 0 Å². The average Bonchev–Trinajstić information content (AvgIpc) is 2.39. The van der Waals surface area contributed by atoms with Gasteiger partial charge < -0.3 is 19.9 Å². The molecule has 0 aliphatic rings. The topological polar surface area (TPSA) is 56.5 Å². The van der Waals surface area contributed by atoms with Crippen LogP contribution >= 0.6 is 0 Å². The molecule has 0 atom stereocenters. The molecule has 0 aliphatic heterocycles. The first-order chi connectivity index (χ1) is 8.74. The lowest BCUT2D eigenvalue weighted by atomic mass is 10.5.